The summed E-state index contributed by atoms with van der Waals surface area (Å²) in [5, 5.41) is 0.0765. The van der Waals surface area contributed by atoms with Crippen LogP contribution in [0.15, 0.2) is 30.3 Å². The molecule has 0 amide bonds. The van der Waals surface area contributed by atoms with E-state index in [1.807, 2.05) is 13.0 Å². The third-order valence-corrected chi connectivity index (χ3v) is 1.61. The van der Waals surface area contributed by atoms with Gasteiger partial charge in [0.2, 0.25) is 0 Å². The zero-order valence-electron chi connectivity index (χ0n) is 7.43. The minimum absolute atomic E-state index is 0.0765. The lowest BCUT2D eigenvalue weighted by Gasteiger charge is -2.05. The smallest absolute Gasteiger partial charge is 0.338 e. The Kier molecular flexibility index (Phi) is 3.83. The van der Waals surface area contributed by atoms with Gasteiger partial charge in [-0.1, -0.05) is 25.1 Å². The summed E-state index contributed by atoms with van der Waals surface area (Å²) in [7, 11) is 0. The molecule has 1 rings (SSSR count). The molecule has 0 heterocycles. The summed E-state index contributed by atoms with van der Waals surface area (Å²) >= 11 is 4.11. The Hall–Kier alpha value is -0.960. The van der Waals surface area contributed by atoms with Crippen molar-refractivity contribution < 1.29 is 9.53 Å². The van der Waals surface area contributed by atoms with E-state index in [-0.39, 0.29) is 11.2 Å². The van der Waals surface area contributed by atoms with Crippen LogP contribution in [0, 0.1) is 0 Å². The van der Waals surface area contributed by atoms with Gasteiger partial charge in [0.25, 0.3) is 0 Å². The second kappa shape index (κ2) is 4.92. The Morgan fingerprint density at radius 3 is 2.62 bits per heavy atom. The normalized spacial score (nSPS) is 12.2. The first-order valence-electron chi connectivity index (χ1n) is 4.10. The summed E-state index contributed by atoms with van der Waals surface area (Å²) in [5.41, 5.74) is 0.580. The third-order valence-electron chi connectivity index (χ3n) is 1.47. The SMILES string of the molecule is CC(S)COC(=O)c1ccccc1. The van der Waals surface area contributed by atoms with Crippen LogP contribution in [0.3, 0.4) is 0 Å². The number of thiol groups is 1. The van der Waals surface area contributed by atoms with Crippen LogP contribution < -0.4 is 0 Å². The van der Waals surface area contributed by atoms with Gasteiger partial charge in [-0.2, -0.15) is 12.6 Å². The Balaban J connectivity index is 2.50. The molecule has 1 aromatic carbocycles. The number of rotatable bonds is 3. The molecular formula is C10H12O2S. The van der Waals surface area contributed by atoms with Gasteiger partial charge in [0.15, 0.2) is 0 Å². The van der Waals surface area contributed by atoms with E-state index in [1.54, 1.807) is 24.3 Å². The second-order valence-electron chi connectivity index (χ2n) is 2.81. The molecule has 0 aliphatic carbocycles. The predicted molar refractivity (Wildman–Crippen MR) is 55.2 cm³/mol. The molecule has 0 aliphatic heterocycles. The Labute approximate surface area is 83.3 Å². The highest BCUT2D eigenvalue weighted by atomic mass is 32.1. The van der Waals surface area contributed by atoms with Crippen molar-refractivity contribution in [3.63, 3.8) is 0 Å². The fourth-order valence-corrected chi connectivity index (χ4v) is 0.928. The lowest BCUT2D eigenvalue weighted by atomic mass is 10.2. The van der Waals surface area contributed by atoms with Gasteiger partial charge in [-0.25, -0.2) is 4.79 Å². The van der Waals surface area contributed by atoms with Crippen LogP contribution in [0.1, 0.15) is 17.3 Å². The number of esters is 1. The van der Waals surface area contributed by atoms with Crippen LogP contribution in [0.2, 0.25) is 0 Å². The van der Waals surface area contributed by atoms with Gasteiger partial charge in [-0.3, -0.25) is 0 Å². The number of carbonyl (C=O) groups excluding carboxylic acids is 1. The Morgan fingerprint density at radius 2 is 2.08 bits per heavy atom. The fraction of sp³-hybridized carbons (Fsp3) is 0.300. The van der Waals surface area contributed by atoms with E-state index in [0.29, 0.717) is 12.2 Å². The second-order valence-corrected chi connectivity index (χ2v) is 3.70. The minimum Gasteiger partial charge on any atom is -0.461 e. The van der Waals surface area contributed by atoms with Crippen molar-refractivity contribution in [2.75, 3.05) is 6.61 Å². The third kappa shape index (κ3) is 3.51. The molecule has 0 spiro atoms. The van der Waals surface area contributed by atoms with Crippen molar-refractivity contribution in [2.45, 2.75) is 12.2 Å². The van der Waals surface area contributed by atoms with Crippen LogP contribution in [0.25, 0.3) is 0 Å². The van der Waals surface area contributed by atoms with Gasteiger partial charge in [0.05, 0.1) is 5.56 Å². The van der Waals surface area contributed by atoms with Gasteiger partial charge in [0, 0.05) is 5.25 Å². The van der Waals surface area contributed by atoms with Gasteiger partial charge in [0.1, 0.15) is 6.61 Å². The monoisotopic (exact) mass is 196 g/mol. The summed E-state index contributed by atoms with van der Waals surface area (Å²) in [6, 6.07) is 8.93. The molecule has 0 saturated carbocycles. The molecular weight excluding hydrogens is 184 g/mol. The largest absolute Gasteiger partial charge is 0.461 e. The first-order valence-corrected chi connectivity index (χ1v) is 4.62. The highest BCUT2D eigenvalue weighted by Crippen LogP contribution is 2.02. The molecule has 0 aromatic heterocycles. The Bertz CT molecular complexity index is 270. The number of carbonyl (C=O) groups is 1. The van der Waals surface area contributed by atoms with Gasteiger partial charge in [-0.15, -0.1) is 0 Å². The highest BCUT2D eigenvalue weighted by molar-refractivity contribution is 7.80. The molecule has 2 nitrogen and oxygen atoms in total. The van der Waals surface area contributed by atoms with Crippen molar-refractivity contribution in [2.24, 2.45) is 0 Å². The molecule has 0 N–H and O–H groups in total. The summed E-state index contributed by atoms with van der Waals surface area (Å²) < 4.78 is 4.97. The van der Waals surface area contributed by atoms with Gasteiger partial charge >= 0.3 is 5.97 Å². The van der Waals surface area contributed by atoms with Crippen molar-refractivity contribution >= 4 is 18.6 Å². The van der Waals surface area contributed by atoms with Crippen LogP contribution in [0.5, 0.6) is 0 Å². The number of hydrogen-bond donors (Lipinski definition) is 1. The Morgan fingerprint density at radius 1 is 1.46 bits per heavy atom. The molecule has 70 valence electrons. The van der Waals surface area contributed by atoms with E-state index in [0.717, 1.165) is 0 Å². The molecule has 1 atom stereocenters. The maximum atomic E-state index is 11.3. The molecule has 0 aliphatic rings. The van der Waals surface area contributed by atoms with E-state index in [2.05, 4.69) is 12.6 Å². The van der Waals surface area contributed by atoms with Gasteiger partial charge in [-0.05, 0) is 12.1 Å². The van der Waals surface area contributed by atoms with Crippen LogP contribution in [-0.4, -0.2) is 17.8 Å². The fourth-order valence-electron chi connectivity index (χ4n) is 0.854. The average molecular weight is 196 g/mol. The van der Waals surface area contributed by atoms with Crippen molar-refractivity contribution in [3.8, 4) is 0 Å². The maximum Gasteiger partial charge on any atom is 0.338 e. The number of hydrogen-bond acceptors (Lipinski definition) is 3. The van der Waals surface area contributed by atoms with E-state index in [1.165, 1.54) is 0 Å². The summed E-state index contributed by atoms with van der Waals surface area (Å²) in [6.07, 6.45) is 0. The average Bonchev–Trinajstić information content (AvgIpc) is 2.15. The van der Waals surface area contributed by atoms with Crippen LogP contribution >= 0.6 is 12.6 Å². The number of benzene rings is 1. The molecule has 1 aromatic rings. The molecule has 1 unspecified atom stereocenters. The molecule has 13 heavy (non-hydrogen) atoms. The minimum atomic E-state index is -0.290. The zero-order chi connectivity index (χ0) is 9.68. The van der Waals surface area contributed by atoms with E-state index in [9.17, 15) is 4.79 Å². The standard InChI is InChI=1S/C10H12O2S/c1-8(13)7-12-10(11)9-5-3-2-4-6-9/h2-6,8,13H,7H2,1H3. The predicted octanol–water partition coefficient (Wildman–Crippen LogP) is 2.16. The van der Waals surface area contributed by atoms with Gasteiger partial charge < -0.3 is 4.74 Å². The maximum absolute atomic E-state index is 11.3. The molecule has 0 bridgehead atoms. The molecule has 0 radical (unpaired) electrons. The van der Waals surface area contributed by atoms with Crippen LogP contribution in [-0.2, 0) is 4.74 Å². The highest BCUT2D eigenvalue weighted by Gasteiger charge is 2.06. The zero-order valence-corrected chi connectivity index (χ0v) is 8.33. The molecule has 0 saturated heterocycles. The van der Waals surface area contributed by atoms with E-state index in [4.69, 9.17) is 4.74 Å². The summed E-state index contributed by atoms with van der Waals surface area (Å²) in [4.78, 5) is 11.3. The molecule has 3 heteroatoms. The van der Waals surface area contributed by atoms with E-state index < -0.39 is 0 Å². The summed E-state index contributed by atoms with van der Waals surface area (Å²) in [6.45, 7) is 2.22. The first-order chi connectivity index (χ1) is 6.20. The number of ether oxygens (including phenoxy) is 1. The topological polar surface area (TPSA) is 26.3 Å². The molecule has 0 fully saturated rings. The van der Waals surface area contributed by atoms with E-state index >= 15 is 0 Å². The van der Waals surface area contributed by atoms with Crippen molar-refractivity contribution in [1.82, 2.24) is 0 Å². The summed E-state index contributed by atoms with van der Waals surface area (Å²) in [5.74, 6) is -0.290. The lowest BCUT2D eigenvalue weighted by molar-refractivity contribution is 0.0511. The van der Waals surface area contributed by atoms with Crippen molar-refractivity contribution in [1.29, 1.82) is 0 Å². The quantitative estimate of drug-likeness (QED) is 0.592. The van der Waals surface area contributed by atoms with Crippen molar-refractivity contribution in [3.05, 3.63) is 35.9 Å². The first kappa shape index (κ1) is 10.1. The van der Waals surface area contributed by atoms with Crippen LogP contribution in [0.4, 0.5) is 0 Å². The lowest BCUT2D eigenvalue weighted by Crippen LogP contribution is -2.11.